The Balaban J connectivity index is 1.90. The number of aromatic nitrogens is 1. The van der Waals surface area contributed by atoms with Crippen molar-refractivity contribution < 1.29 is 4.79 Å². The number of nitrogens with two attached hydrogens (primary N) is 1. The van der Waals surface area contributed by atoms with Gasteiger partial charge in [0.1, 0.15) is 0 Å². The predicted molar refractivity (Wildman–Crippen MR) is 82.1 cm³/mol. The van der Waals surface area contributed by atoms with Crippen molar-refractivity contribution in [3.05, 3.63) is 35.0 Å². The van der Waals surface area contributed by atoms with Gasteiger partial charge in [-0.3, -0.25) is 4.79 Å². The largest absolute Gasteiger partial charge is 0.375 e. The van der Waals surface area contributed by atoms with Crippen molar-refractivity contribution in [2.24, 2.45) is 0 Å². The van der Waals surface area contributed by atoms with Crippen LogP contribution in [0.1, 0.15) is 5.56 Å². The summed E-state index contributed by atoms with van der Waals surface area (Å²) in [6.45, 7) is 1.95. The fraction of sp³-hybridized carbons (Fsp3) is 0.167. The number of hydrogen-bond acceptors (Lipinski definition) is 5. The number of amides is 1. The van der Waals surface area contributed by atoms with Crippen LogP contribution in [0.2, 0.25) is 5.02 Å². The summed E-state index contributed by atoms with van der Waals surface area (Å²) in [6, 6.07) is 5.51. The third kappa shape index (κ3) is 4.12. The molecule has 0 saturated heterocycles. The van der Waals surface area contributed by atoms with Crippen LogP contribution < -0.4 is 11.1 Å². The van der Waals surface area contributed by atoms with Gasteiger partial charge in [0.25, 0.3) is 0 Å². The summed E-state index contributed by atoms with van der Waals surface area (Å²) in [6.07, 6.45) is 1.66. The lowest BCUT2D eigenvalue weighted by molar-refractivity contribution is -0.113. The number of thioether (sulfide) groups is 1. The molecule has 1 amide bonds. The van der Waals surface area contributed by atoms with Gasteiger partial charge in [-0.05, 0) is 24.6 Å². The van der Waals surface area contributed by atoms with E-state index in [0.717, 1.165) is 9.77 Å². The normalized spacial score (nSPS) is 10.4. The summed E-state index contributed by atoms with van der Waals surface area (Å²) in [7, 11) is 0. The molecular formula is C12H12ClN3OS2. The van der Waals surface area contributed by atoms with E-state index in [1.807, 2.05) is 19.1 Å². The number of anilines is 2. The zero-order valence-electron chi connectivity index (χ0n) is 10.1. The second kappa shape index (κ2) is 6.27. The van der Waals surface area contributed by atoms with E-state index in [9.17, 15) is 4.79 Å². The Morgan fingerprint density at radius 2 is 2.37 bits per heavy atom. The molecule has 1 heterocycles. The lowest BCUT2D eigenvalue weighted by atomic mass is 10.2. The first-order valence-corrected chi connectivity index (χ1v) is 7.62. The molecule has 0 bridgehead atoms. The van der Waals surface area contributed by atoms with Gasteiger partial charge in [0.15, 0.2) is 5.13 Å². The van der Waals surface area contributed by atoms with Crippen LogP contribution in [0, 0.1) is 6.92 Å². The molecule has 0 aliphatic rings. The minimum absolute atomic E-state index is 0.109. The number of nitrogens with zero attached hydrogens (tertiary/aromatic N) is 1. The first kappa shape index (κ1) is 14.2. The van der Waals surface area contributed by atoms with Crippen molar-refractivity contribution >= 4 is 51.4 Å². The van der Waals surface area contributed by atoms with E-state index >= 15 is 0 Å². The number of nitrogens with one attached hydrogen (secondary N) is 1. The van der Waals surface area contributed by atoms with E-state index in [0.29, 0.717) is 21.6 Å². The molecule has 0 aliphatic carbocycles. The summed E-state index contributed by atoms with van der Waals surface area (Å²) in [5, 5.41) is 3.82. The Morgan fingerprint density at radius 3 is 3.00 bits per heavy atom. The molecule has 100 valence electrons. The van der Waals surface area contributed by atoms with Gasteiger partial charge in [0.05, 0.1) is 26.9 Å². The molecule has 0 aliphatic heterocycles. The highest BCUT2D eigenvalue weighted by Crippen LogP contribution is 2.27. The maximum Gasteiger partial charge on any atom is 0.234 e. The monoisotopic (exact) mass is 313 g/mol. The quantitative estimate of drug-likeness (QED) is 0.849. The van der Waals surface area contributed by atoms with Gasteiger partial charge in [-0.15, -0.1) is 11.8 Å². The van der Waals surface area contributed by atoms with E-state index in [4.69, 9.17) is 17.3 Å². The van der Waals surface area contributed by atoms with E-state index < -0.39 is 0 Å². The molecule has 0 atom stereocenters. The molecule has 2 aromatic rings. The second-order valence-electron chi connectivity index (χ2n) is 3.84. The highest BCUT2D eigenvalue weighted by atomic mass is 35.5. The van der Waals surface area contributed by atoms with Crippen molar-refractivity contribution in [2.45, 2.75) is 11.1 Å². The SMILES string of the molecule is Cc1ccc(NC(=O)CSc2cnc(N)s2)c(Cl)c1. The highest BCUT2D eigenvalue weighted by molar-refractivity contribution is 8.01. The lowest BCUT2D eigenvalue weighted by Gasteiger charge is -2.07. The molecule has 0 spiro atoms. The summed E-state index contributed by atoms with van der Waals surface area (Å²) >= 11 is 8.81. The Morgan fingerprint density at radius 1 is 1.58 bits per heavy atom. The Labute approximate surface area is 124 Å². The Bertz CT molecular complexity index is 600. The number of aryl methyl sites for hydroxylation is 1. The Kier molecular flexibility index (Phi) is 4.68. The highest BCUT2D eigenvalue weighted by Gasteiger charge is 2.08. The molecule has 1 aromatic heterocycles. The van der Waals surface area contributed by atoms with Gasteiger partial charge in [-0.25, -0.2) is 4.98 Å². The van der Waals surface area contributed by atoms with Crippen molar-refractivity contribution in [3.8, 4) is 0 Å². The van der Waals surface area contributed by atoms with Crippen LogP contribution in [-0.4, -0.2) is 16.6 Å². The van der Waals surface area contributed by atoms with Crippen LogP contribution in [-0.2, 0) is 4.79 Å². The minimum atomic E-state index is -0.109. The standard InChI is InChI=1S/C12H12ClN3OS2/c1-7-2-3-9(8(13)4-7)16-10(17)6-18-11-5-15-12(14)19-11/h2-5H,6H2,1H3,(H2,14,15)(H,16,17). The molecule has 1 aromatic carbocycles. The smallest absolute Gasteiger partial charge is 0.234 e. The lowest BCUT2D eigenvalue weighted by Crippen LogP contribution is -2.14. The van der Waals surface area contributed by atoms with Crippen LogP contribution in [0.5, 0.6) is 0 Å². The number of carbonyl (C=O) groups excluding carboxylic acids is 1. The van der Waals surface area contributed by atoms with Crippen molar-refractivity contribution in [2.75, 3.05) is 16.8 Å². The zero-order chi connectivity index (χ0) is 13.8. The minimum Gasteiger partial charge on any atom is -0.375 e. The van der Waals surface area contributed by atoms with Gasteiger partial charge in [0.2, 0.25) is 5.91 Å². The van der Waals surface area contributed by atoms with Crippen molar-refractivity contribution in [3.63, 3.8) is 0 Å². The molecule has 3 N–H and O–H groups in total. The molecule has 0 saturated carbocycles. The van der Waals surface area contributed by atoms with Crippen LogP contribution in [0.15, 0.2) is 28.6 Å². The summed E-state index contributed by atoms with van der Waals surface area (Å²) < 4.78 is 0.919. The maximum absolute atomic E-state index is 11.8. The molecule has 4 nitrogen and oxygen atoms in total. The third-order valence-corrected chi connectivity index (χ3v) is 4.58. The van der Waals surface area contributed by atoms with Crippen molar-refractivity contribution in [1.29, 1.82) is 0 Å². The van der Waals surface area contributed by atoms with Crippen molar-refractivity contribution in [1.82, 2.24) is 4.98 Å². The summed E-state index contributed by atoms with van der Waals surface area (Å²) in [5.74, 6) is 0.189. The van der Waals surface area contributed by atoms with Gasteiger partial charge < -0.3 is 11.1 Å². The van der Waals surface area contributed by atoms with Gasteiger partial charge in [-0.1, -0.05) is 29.0 Å². The molecule has 7 heteroatoms. The fourth-order valence-corrected chi connectivity index (χ4v) is 3.22. The van der Waals surface area contributed by atoms with Crippen LogP contribution in [0.25, 0.3) is 0 Å². The Hall–Kier alpha value is -1.24. The molecule has 0 unspecified atom stereocenters. The van der Waals surface area contributed by atoms with Gasteiger partial charge >= 0.3 is 0 Å². The molecule has 19 heavy (non-hydrogen) atoms. The number of halogens is 1. The molecule has 0 radical (unpaired) electrons. The molecule has 2 rings (SSSR count). The first-order valence-electron chi connectivity index (χ1n) is 5.44. The number of carbonyl (C=O) groups is 1. The fourth-order valence-electron chi connectivity index (χ4n) is 1.38. The number of nitrogen functional groups attached to an aromatic ring is 1. The van der Waals surface area contributed by atoms with Gasteiger partial charge in [0, 0.05) is 0 Å². The first-order chi connectivity index (χ1) is 9.04. The summed E-state index contributed by atoms with van der Waals surface area (Å²) in [5.41, 5.74) is 7.20. The van der Waals surface area contributed by atoms with E-state index in [-0.39, 0.29) is 5.91 Å². The predicted octanol–water partition coefficient (Wildman–Crippen LogP) is 3.42. The van der Waals surface area contributed by atoms with Crippen LogP contribution in [0.4, 0.5) is 10.8 Å². The second-order valence-corrected chi connectivity index (χ2v) is 6.58. The summed E-state index contributed by atoms with van der Waals surface area (Å²) in [4.78, 5) is 15.7. The number of thiazole rings is 1. The number of rotatable bonds is 4. The van der Waals surface area contributed by atoms with E-state index in [1.165, 1.54) is 23.1 Å². The average Bonchev–Trinajstić information content (AvgIpc) is 2.76. The topological polar surface area (TPSA) is 68.0 Å². The molecule has 0 fully saturated rings. The maximum atomic E-state index is 11.8. The van der Waals surface area contributed by atoms with Crippen LogP contribution >= 0.6 is 34.7 Å². The van der Waals surface area contributed by atoms with Gasteiger partial charge in [-0.2, -0.15) is 0 Å². The average molecular weight is 314 g/mol. The van der Waals surface area contributed by atoms with E-state index in [2.05, 4.69) is 10.3 Å². The molecular weight excluding hydrogens is 302 g/mol. The number of benzene rings is 1. The van der Waals surface area contributed by atoms with Crippen LogP contribution in [0.3, 0.4) is 0 Å². The number of hydrogen-bond donors (Lipinski definition) is 2. The third-order valence-electron chi connectivity index (χ3n) is 2.25. The zero-order valence-corrected chi connectivity index (χ0v) is 12.5. The van der Waals surface area contributed by atoms with E-state index in [1.54, 1.807) is 12.3 Å².